The molecule has 1 heterocycles. The van der Waals surface area contributed by atoms with Gasteiger partial charge in [0.05, 0.1) is 0 Å². The Balaban J connectivity index is 1.92. The molecule has 0 radical (unpaired) electrons. The van der Waals surface area contributed by atoms with Gasteiger partial charge in [0.2, 0.25) is 0 Å². The van der Waals surface area contributed by atoms with E-state index in [-0.39, 0.29) is 5.82 Å². The van der Waals surface area contributed by atoms with Crippen LogP contribution in [0, 0.1) is 5.82 Å². The summed E-state index contributed by atoms with van der Waals surface area (Å²) in [5.74, 6) is 0.553. The van der Waals surface area contributed by atoms with Crippen molar-refractivity contribution < 1.29 is 4.39 Å². The van der Waals surface area contributed by atoms with Crippen LogP contribution < -0.4 is 0 Å². The van der Waals surface area contributed by atoms with E-state index in [1.807, 2.05) is 12.1 Å². The predicted octanol–water partition coefficient (Wildman–Crippen LogP) is 3.33. The second-order valence-corrected chi connectivity index (χ2v) is 6.19. The highest BCUT2D eigenvalue weighted by molar-refractivity contribution is 9.10. The van der Waals surface area contributed by atoms with Crippen molar-refractivity contribution in [3.8, 4) is 0 Å². The number of halogens is 3. The molecule has 1 saturated heterocycles. The minimum Gasteiger partial charge on any atom is -0.301 e. The number of hydrogen-bond acceptors (Lipinski definition) is 2. The van der Waals surface area contributed by atoms with E-state index < -0.39 is 0 Å². The maximum absolute atomic E-state index is 13.8. The summed E-state index contributed by atoms with van der Waals surface area (Å²) < 4.78 is 14.6. The summed E-state index contributed by atoms with van der Waals surface area (Å²) in [6.45, 7) is 5.74. The molecule has 2 nitrogen and oxygen atoms in total. The van der Waals surface area contributed by atoms with Crippen LogP contribution >= 0.6 is 27.5 Å². The van der Waals surface area contributed by atoms with Crippen molar-refractivity contribution in [3.05, 3.63) is 34.1 Å². The van der Waals surface area contributed by atoms with Crippen molar-refractivity contribution >= 4 is 27.5 Å². The van der Waals surface area contributed by atoms with Gasteiger partial charge in [-0.2, -0.15) is 0 Å². The molecular weight excluding hydrogens is 331 g/mol. The van der Waals surface area contributed by atoms with Gasteiger partial charge in [-0.05, 0) is 31.6 Å². The second-order valence-electron chi connectivity index (χ2n) is 4.90. The summed E-state index contributed by atoms with van der Waals surface area (Å²) in [6.07, 6.45) is 1.12. The lowest BCUT2D eigenvalue weighted by molar-refractivity contribution is 0.255. The van der Waals surface area contributed by atoms with Gasteiger partial charge < -0.3 is 4.90 Å². The molecule has 0 aliphatic carbocycles. The molecule has 1 aromatic carbocycles. The molecule has 0 bridgehead atoms. The molecule has 0 N–H and O–H groups in total. The van der Waals surface area contributed by atoms with Crippen molar-refractivity contribution in [3.63, 3.8) is 0 Å². The first-order valence-electron chi connectivity index (χ1n) is 6.63. The molecule has 0 unspecified atom stereocenters. The third-order valence-corrected chi connectivity index (χ3v) is 4.15. The van der Waals surface area contributed by atoms with E-state index in [1.165, 1.54) is 6.07 Å². The minimum absolute atomic E-state index is 0.128. The number of benzene rings is 1. The van der Waals surface area contributed by atoms with Crippen molar-refractivity contribution in [1.82, 2.24) is 9.80 Å². The molecule has 5 heteroatoms. The average Bonchev–Trinajstić information content (AvgIpc) is 2.59. The van der Waals surface area contributed by atoms with Crippen LogP contribution in [0.15, 0.2) is 22.7 Å². The monoisotopic (exact) mass is 348 g/mol. The third kappa shape index (κ3) is 4.71. The molecule has 0 amide bonds. The zero-order valence-electron chi connectivity index (χ0n) is 10.9. The smallest absolute Gasteiger partial charge is 0.128 e. The summed E-state index contributed by atoms with van der Waals surface area (Å²) >= 11 is 9.07. The van der Waals surface area contributed by atoms with Crippen LogP contribution in [0.2, 0.25) is 0 Å². The summed E-state index contributed by atoms with van der Waals surface area (Å²) in [7, 11) is 0. The second kappa shape index (κ2) is 7.58. The molecule has 2 rings (SSSR count). The van der Waals surface area contributed by atoms with Crippen molar-refractivity contribution in [2.75, 3.05) is 38.6 Å². The maximum atomic E-state index is 13.8. The van der Waals surface area contributed by atoms with Crippen molar-refractivity contribution in [2.24, 2.45) is 0 Å². The van der Waals surface area contributed by atoms with Gasteiger partial charge in [0.1, 0.15) is 5.82 Å². The molecule has 19 heavy (non-hydrogen) atoms. The van der Waals surface area contributed by atoms with Gasteiger partial charge >= 0.3 is 0 Å². The van der Waals surface area contributed by atoms with Crippen molar-refractivity contribution in [2.45, 2.75) is 13.0 Å². The maximum Gasteiger partial charge on any atom is 0.128 e. The van der Waals surface area contributed by atoms with Crippen LogP contribution in [0.1, 0.15) is 12.0 Å². The largest absolute Gasteiger partial charge is 0.301 e. The van der Waals surface area contributed by atoms with Crippen LogP contribution in [0.25, 0.3) is 0 Å². The molecule has 1 aromatic rings. The van der Waals surface area contributed by atoms with E-state index in [9.17, 15) is 4.39 Å². The Bertz CT molecular complexity index is 416. The van der Waals surface area contributed by atoms with E-state index in [2.05, 4.69) is 25.7 Å². The first-order valence-corrected chi connectivity index (χ1v) is 7.96. The fourth-order valence-corrected chi connectivity index (χ4v) is 2.99. The first kappa shape index (κ1) is 15.2. The number of alkyl halides is 1. The van der Waals surface area contributed by atoms with Gasteiger partial charge in [0.15, 0.2) is 0 Å². The number of nitrogens with zero attached hydrogens (tertiary/aromatic N) is 2. The zero-order chi connectivity index (χ0) is 13.7. The molecule has 0 saturated carbocycles. The van der Waals surface area contributed by atoms with Crippen LogP contribution in [-0.4, -0.2) is 48.4 Å². The Morgan fingerprint density at radius 1 is 1.16 bits per heavy atom. The highest BCUT2D eigenvalue weighted by atomic mass is 79.9. The Kier molecular flexibility index (Phi) is 6.07. The fourth-order valence-electron chi connectivity index (χ4n) is 2.42. The Hall–Kier alpha value is -0.160. The lowest BCUT2D eigenvalue weighted by Gasteiger charge is -2.21. The average molecular weight is 350 g/mol. The van der Waals surface area contributed by atoms with Crippen LogP contribution in [0.5, 0.6) is 0 Å². The fraction of sp³-hybridized carbons (Fsp3) is 0.571. The molecule has 1 fully saturated rings. The highest BCUT2D eigenvalue weighted by Crippen LogP contribution is 2.17. The van der Waals surface area contributed by atoms with Gasteiger partial charge in [-0.25, -0.2) is 4.39 Å². The molecule has 0 aromatic heterocycles. The lowest BCUT2D eigenvalue weighted by Crippen LogP contribution is -2.31. The summed E-state index contributed by atoms with van der Waals surface area (Å²) in [6, 6.07) is 5.30. The summed E-state index contributed by atoms with van der Waals surface area (Å²) in [5.41, 5.74) is 0.772. The van der Waals surface area contributed by atoms with Crippen LogP contribution in [0.3, 0.4) is 0 Å². The van der Waals surface area contributed by atoms with E-state index in [0.717, 1.165) is 49.2 Å². The molecule has 1 aliphatic heterocycles. The van der Waals surface area contributed by atoms with Gasteiger partial charge in [-0.3, -0.25) is 4.90 Å². The van der Waals surface area contributed by atoms with E-state index in [1.54, 1.807) is 0 Å². The van der Waals surface area contributed by atoms with Crippen molar-refractivity contribution in [1.29, 1.82) is 0 Å². The van der Waals surface area contributed by atoms with Gasteiger partial charge in [0.25, 0.3) is 0 Å². The third-order valence-electron chi connectivity index (χ3n) is 3.49. The topological polar surface area (TPSA) is 6.48 Å². The van der Waals surface area contributed by atoms with Gasteiger partial charge in [0, 0.05) is 42.1 Å². The standard InChI is InChI=1S/C14H19BrClFN2/c15-13-3-2-12(14(17)10-13)11-19-6-1-5-18(7-4-16)8-9-19/h2-3,10H,1,4-9,11H2. The Morgan fingerprint density at radius 3 is 2.63 bits per heavy atom. The molecule has 0 atom stereocenters. The highest BCUT2D eigenvalue weighted by Gasteiger charge is 2.15. The van der Waals surface area contributed by atoms with Crippen LogP contribution in [-0.2, 0) is 6.54 Å². The molecule has 1 aliphatic rings. The summed E-state index contributed by atoms with van der Waals surface area (Å²) in [4.78, 5) is 4.70. The Morgan fingerprint density at radius 2 is 1.89 bits per heavy atom. The lowest BCUT2D eigenvalue weighted by atomic mass is 10.2. The first-order chi connectivity index (χ1) is 9.19. The SMILES string of the molecule is Fc1cc(Br)ccc1CN1CCCN(CCCl)CC1. The number of hydrogen-bond donors (Lipinski definition) is 0. The zero-order valence-corrected chi connectivity index (χ0v) is 13.3. The quantitative estimate of drug-likeness (QED) is 0.769. The molecule has 0 spiro atoms. The molecular formula is C14H19BrClFN2. The predicted molar refractivity (Wildman–Crippen MR) is 81.2 cm³/mol. The van der Waals surface area contributed by atoms with Crippen LogP contribution in [0.4, 0.5) is 4.39 Å². The van der Waals surface area contributed by atoms with Gasteiger partial charge in [-0.15, -0.1) is 11.6 Å². The van der Waals surface area contributed by atoms with E-state index in [0.29, 0.717) is 12.4 Å². The summed E-state index contributed by atoms with van der Waals surface area (Å²) in [5, 5.41) is 0. The molecule has 106 valence electrons. The number of rotatable bonds is 4. The van der Waals surface area contributed by atoms with E-state index in [4.69, 9.17) is 11.6 Å². The minimum atomic E-state index is -0.128. The van der Waals surface area contributed by atoms with Gasteiger partial charge in [-0.1, -0.05) is 22.0 Å². The van der Waals surface area contributed by atoms with E-state index >= 15 is 0 Å². The normalized spacial score (nSPS) is 18.5. The Labute approximate surface area is 127 Å².